The van der Waals surface area contributed by atoms with Crippen LogP contribution in [0.25, 0.3) is 0 Å². The van der Waals surface area contributed by atoms with Gasteiger partial charge in [-0.25, -0.2) is 0 Å². The van der Waals surface area contributed by atoms with E-state index in [9.17, 15) is 4.21 Å². The highest BCUT2D eigenvalue weighted by molar-refractivity contribution is 7.84. The number of nitrogens with zero attached hydrogens (tertiary/aromatic N) is 2. The zero-order valence-electron chi connectivity index (χ0n) is 8.49. The molecule has 1 aromatic rings. The Hall–Kier alpha value is -0.970. The normalized spacial score (nSPS) is 12.4. The maximum atomic E-state index is 11.1. The maximum absolute atomic E-state index is 11.1. The number of nitrogens with one attached hydrogen (secondary N) is 1. The van der Waals surface area contributed by atoms with Crippen LogP contribution in [0.2, 0.25) is 0 Å². The summed E-state index contributed by atoms with van der Waals surface area (Å²) in [5.41, 5.74) is 0.896. The lowest BCUT2D eigenvalue weighted by Crippen LogP contribution is -2.13. The van der Waals surface area contributed by atoms with Crippen molar-refractivity contribution in [2.45, 2.75) is 13.8 Å². The molecule has 1 atom stereocenters. The van der Waals surface area contributed by atoms with Crippen LogP contribution in [-0.2, 0) is 10.8 Å². The summed E-state index contributed by atoms with van der Waals surface area (Å²) in [5.74, 6) is 2.11. The van der Waals surface area contributed by atoms with Crippen molar-refractivity contribution >= 4 is 16.6 Å². The molecule has 0 amide bonds. The van der Waals surface area contributed by atoms with Gasteiger partial charge in [0.2, 0.25) is 0 Å². The highest BCUT2D eigenvalue weighted by Crippen LogP contribution is 1.99. The SMILES string of the molecule is CCS(=O)CCNc1ccc(C)nn1. The topological polar surface area (TPSA) is 54.9 Å². The van der Waals surface area contributed by atoms with Crippen LogP contribution in [0.3, 0.4) is 0 Å². The first kappa shape index (κ1) is 11.1. The smallest absolute Gasteiger partial charge is 0.148 e. The van der Waals surface area contributed by atoms with Crippen LogP contribution in [0, 0.1) is 6.92 Å². The van der Waals surface area contributed by atoms with Crippen LogP contribution < -0.4 is 5.32 Å². The lowest BCUT2D eigenvalue weighted by Gasteiger charge is -2.03. The second kappa shape index (κ2) is 5.70. The summed E-state index contributed by atoms with van der Waals surface area (Å²) in [6, 6.07) is 3.77. The number of aromatic nitrogens is 2. The van der Waals surface area contributed by atoms with Gasteiger partial charge in [0.15, 0.2) is 0 Å². The number of hydrogen-bond donors (Lipinski definition) is 1. The first-order valence-corrected chi connectivity index (χ1v) is 6.10. The molecule has 0 radical (unpaired) electrons. The summed E-state index contributed by atoms with van der Waals surface area (Å²) in [5, 5.41) is 10.9. The van der Waals surface area contributed by atoms with E-state index < -0.39 is 10.8 Å². The molecule has 1 aromatic heterocycles. The third kappa shape index (κ3) is 3.83. The third-order valence-electron chi connectivity index (χ3n) is 1.76. The summed E-state index contributed by atoms with van der Waals surface area (Å²) in [4.78, 5) is 0. The molecule has 14 heavy (non-hydrogen) atoms. The molecule has 1 unspecified atom stereocenters. The Bertz CT molecular complexity index is 299. The predicted molar refractivity (Wildman–Crippen MR) is 58.8 cm³/mol. The van der Waals surface area contributed by atoms with Crippen molar-refractivity contribution in [3.63, 3.8) is 0 Å². The van der Waals surface area contributed by atoms with Crippen LogP contribution >= 0.6 is 0 Å². The van der Waals surface area contributed by atoms with E-state index in [0.717, 1.165) is 11.5 Å². The van der Waals surface area contributed by atoms with Gasteiger partial charge in [-0.3, -0.25) is 4.21 Å². The molecule has 0 bridgehead atoms. The summed E-state index contributed by atoms with van der Waals surface area (Å²) in [7, 11) is -0.716. The maximum Gasteiger partial charge on any atom is 0.148 e. The second-order valence-electron chi connectivity index (χ2n) is 2.92. The highest BCUT2D eigenvalue weighted by atomic mass is 32.2. The molecule has 0 saturated heterocycles. The van der Waals surface area contributed by atoms with Crippen LogP contribution in [-0.4, -0.2) is 32.5 Å². The molecule has 0 aliphatic carbocycles. The molecule has 0 spiro atoms. The summed E-state index contributed by atoms with van der Waals surface area (Å²) in [6.07, 6.45) is 0. The van der Waals surface area contributed by atoms with E-state index in [1.165, 1.54) is 0 Å². The Morgan fingerprint density at radius 2 is 2.21 bits per heavy atom. The van der Waals surface area contributed by atoms with Gasteiger partial charge in [0, 0.05) is 28.9 Å². The molecule has 4 nitrogen and oxygen atoms in total. The molecule has 0 aliphatic rings. The summed E-state index contributed by atoms with van der Waals surface area (Å²) in [6.45, 7) is 4.49. The molecular formula is C9H15N3OS. The average molecular weight is 213 g/mol. The molecule has 0 saturated carbocycles. The first-order chi connectivity index (χ1) is 6.72. The summed E-state index contributed by atoms with van der Waals surface area (Å²) < 4.78 is 11.1. The molecule has 1 rings (SSSR count). The van der Waals surface area contributed by atoms with Crippen molar-refractivity contribution in [3.8, 4) is 0 Å². The molecule has 78 valence electrons. The third-order valence-corrected chi connectivity index (χ3v) is 3.06. The number of hydrogen-bond acceptors (Lipinski definition) is 4. The van der Waals surface area contributed by atoms with Crippen molar-refractivity contribution in [3.05, 3.63) is 17.8 Å². The van der Waals surface area contributed by atoms with Crippen molar-refractivity contribution in [1.29, 1.82) is 0 Å². The zero-order chi connectivity index (χ0) is 10.4. The van der Waals surface area contributed by atoms with Crippen molar-refractivity contribution < 1.29 is 4.21 Å². The lowest BCUT2D eigenvalue weighted by atomic mass is 10.4. The van der Waals surface area contributed by atoms with Gasteiger partial charge in [0.05, 0.1) is 5.69 Å². The van der Waals surface area contributed by atoms with Crippen molar-refractivity contribution in [2.75, 3.05) is 23.4 Å². The molecule has 0 fully saturated rings. The number of aryl methyl sites for hydroxylation is 1. The monoisotopic (exact) mass is 213 g/mol. The van der Waals surface area contributed by atoms with Gasteiger partial charge in [-0.2, -0.15) is 5.10 Å². The number of anilines is 1. The lowest BCUT2D eigenvalue weighted by molar-refractivity contribution is 0.684. The molecule has 1 heterocycles. The van der Waals surface area contributed by atoms with Crippen LogP contribution in [0.15, 0.2) is 12.1 Å². The number of rotatable bonds is 5. The van der Waals surface area contributed by atoms with E-state index in [1.807, 2.05) is 26.0 Å². The quantitative estimate of drug-likeness (QED) is 0.791. The fourth-order valence-electron chi connectivity index (χ4n) is 0.930. The van der Waals surface area contributed by atoms with Crippen molar-refractivity contribution in [1.82, 2.24) is 10.2 Å². The standard InChI is InChI=1S/C9H15N3OS/c1-3-14(13)7-6-10-9-5-4-8(2)11-12-9/h4-5H,3,6-7H2,1-2H3,(H,10,12). The van der Waals surface area contributed by atoms with E-state index >= 15 is 0 Å². The molecular weight excluding hydrogens is 198 g/mol. The molecule has 0 aromatic carbocycles. The minimum absolute atomic E-state index is 0.659. The minimum Gasteiger partial charge on any atom is -0.368 e. The van der Waals surface area contributed by atoms with Gasteiger partial charge >= 0.3 is 0 Å². The molecule has 0 aliphatic heterocycles. The van der Waals surface area contributed by atoms with Crippen LogP contribution in [0.1, 0.15) is 12.6 Å². The van der Waals surface area contributed by atoms with E-state index in [4.69, 9.17) is 0 Å². The van der Waals surface area contributed by atoms with E-state index in [0.29, 0.717) is 18.1 Å². The largest absolute Gasteiger partial charge is 0.368 e. The van der Waals surface area contributed by atoms with E-state index in [-0.39, 0.29) is 0 Å². The van der Waals surface area contributed by atoms with Gasteiger partial charge in [0.25, 0.3) is 0 Å². The summed E-state index contributed by atoms with van der Waals surface area (Å²) >= 11 is 0. The van der Waals surface area contributed by atoms with Crippen LogP contribution in [0.5, 0.6) is 0 Å². The second-order valence-corrected chi connectivity index (χ2v) is 4.78. The Balaban J connectivity index is 2.31. The van der Waals surface area contributed by atoms with Gasteiger partial charge in [-0.15, -0.1) is 5.10 Å². The highest BCUT2D eigenvalue weighted by Gasteiger charge is 1.97. The van der Waals surface area contributed by atoms with Gasteiger partial charge < -0.3 is 5.32 Å². The molecule has 5 heteroatoms. The average Bonchev–Trinajstić information content (AvgIpc) is 2.21. The van der Waals surface area contributed by atoms with E-state index in [1.54, 1.807) is 0 Å². The Kier molecular flexibility index (Phi) is 4.52. The van der Waals surface area contributed by atoms with E-state index in [2.05, 4.69) is 15.5 Å². The first-order valence-electron chi connectivity index (χ1n) is 4.61. The van der Waals surface area contributed by atoms with Gasteiger partial charge in [-0.1, -0.05) is 6.92 Å². The Morgan fingerprint density at radius 1 is 1.43 bits per heavy atom. The van der Waals surface area contributed by atoms with Gasteiger partial charge in [0.1, 0.15) is 5.82 Å². The van der Waals surface area contributed by atoms with Crippen LogP contribution in [0.4, 0.5) is 5.82 Å². The van der Waals surface area contributed by atoms with Gasteiger partial charge in [-0.05, 0) is 19.1 Å². The Labute approximate surface area is 86.6 Å². The fourth-order valence-corrected chi connectivity index (χ4v) is 1.55. The zero-order valence-corrected chi connectivity index (χ0v) is 9.30. The fraction of sp³-hybridized carbons (Fsp3) is 0.556. The molecule has 1 N–H and O–H groups in total. The van der Waals surface area contributed by atoms with Crippen molar-refractivity contribution in [2.24, 2.45) is 0 Å². The predicted octanol–water partition coefficient (Wildman–Crippen LogP) is 0.966. The Morgan fingerprint density at radius 3 is 2.79 bits per heavy atom. The minimum atomic E-state index is -0.716.